The maximum absolute atomic E-state index is 13.8. The molecule has 32 heavy (non-hydrogen) atoms. The Morgan fingerprint density at radius 1 is 1.28 bits per heavy atom. The van der Waals surface area contributed by atoms with Crippen molar-refractivity contribution in [3.05, 3.63) is 29.2 Å². The van der Waals surface area contributed by atoms with Crippen LogP contribution in [0, 0.1) is 0 Å². The summed E-state index contributed by atoms with van der Waals surface area (Å²) < 4.78 is 41.5. The lowest BCUT2D eigenvalue weighted by Gasteiger charge is -2.36. The fourth-order valence-corrected chi connectivity index (χ4v) is 4.33. The maximum atomic E-state index is 13.8. The van der Waals surface area contributed by atoms with E-state index in [2.05, 4.69) is 39.4 Å². The molecule has 1 amide bonds. The number of anilines is 1. The summed E-state index contributed by atoms with van der Waals surface area (Å²) in [5.41, 5.74) is 0.113. The number of piperidine rings is 1. The van der Waals surface area contributed by atoms with E-state index >= 15 is 0 Å². The Morgan fingerprint density at radius 2 is 2.03 bits per heavy atom. The molecule has 10 heteroatoms. The predicted octanol–water partition coefficient (Wildman–Crippen LogP) is 3.84. The Kier molecular flexibility index (Phi) is 5.68. The molecule has 4 rings (SSSR count). The molecule has 0 saturated carbocycles. The SMILES string of the molecule is CC1CCc2c(-c3nc(NC4CCC(C)(C)NC4)ncc3C(F)(F)F)c[nH]c2C(=O)N1C. The van der Waals surface area contributed by atoms with E-state index in [1.807, 2.05) is 6.92 Å². The van der Waals surface area contributed by atoms with E-state index < -0.39 is 11.7 Å². The van der Waals surface area contributed by atoms with Crippen molar-refractivity contribution < 1.29 is 18.0 Å². The van der Waals surface area contributed by atoms with Gasteiger partial charge in [0.2, 0.25) is 5.95 Å². The Morgan fingerprint density at radius 3 is 2.69 bits per heavy atom. The van der Waals surface area contributed by atoms with Crippen molar-refractivity contribution in [3.8, 4) is 11.3 Å². The molecule has 1 fully saturated rings. The number of H-pyrrole nitrogens is 1. The van der Waals surface area contributed by atoms with Crippen molar-refractivity contribution in [2.75, 3.05) is 18.9 Å². The van der Waals surface area contributed by atoms with Gasteiger partial charge >= 0.3 is 6.18 Å². The van der Waals surface area contributed by atoms with Gasteiger partial charge in [0.1, 0.15) is 11.3 Å². The zero-order valence-corrected chi connectivity index (χ0v) is 18.7. The number of nitrogens with one attached hydrogen (secondary N) is 3. The van der Waals surface area contributed by atoms with Crippen LogP contribution in [0.5, 0.6) is 0 Å². The van der Waals surface area contributed by atoms with E-state index in [0.717, 1.165) is 19.0 Å². The topological polar surface area (TPSA) is 85.9 Å². The van der Waals surface area contributed by atoms with Gasteiger partial charge in [-0.1, -0.05) is 0 Å². The maximum Gasteiger partial charge on any atom is 0.419 e. The molecule has 0 radical (unpaired) electrons. The van der Waals surface area contributed by atoms with E-state index in [4.69, 9.17) is 0 Å². The van der Waals surface area contributed by atoms with Crippen LogP contribution >= 0.6 is 0 Å². The summed E-state index contributed by atoms with van der Waals surface area (Å²) in [4.78, 5) is 25.6. The first-order valence-corrected chi connectivity index (χ1v) is 10.9. The number of rotatable bonds is 3. The van der Waals surface area contributed by atoms with Crippen LogP contribution in [-0.2, 0) is 12.6 Å². The highest BCUT2D eigenvalue weighted by Crippen LogP contribution is 2.39. The number of hydrogen-bond acceptors (Lipinski definition) is 5. The molecular formula is C22H29F3N6O. The van der Waals surface area contributed by atoms with Crippen molar-refractivity contribution in [3.63, 3.8) is 0 Å². The third-order valence-corrected chi connectivity index (χ3v) is 6.62. The average molecular weight is 451 g/mol. The van der Waals surface area contributed by atoms with E-state index in [9.17, 15) is 18.0 Å². The van der Waals surface area contributed by atoms with Crippen LogP contribution in [0.1, 0.15) is 61.6 Å². The molecule has 2 atom stereocenters. The monoisotopic (exact) mass is 450 g/mol. The van der Waals surface area contributed by atoms with Crippen molar-refractivity contribution in [2.24, 2.45) is 0 Å². The molecule has 7 nitrogen and oxygen atoms in total. The lowest BCUT2D eigenvalue weighted by molar-refractivity contribution is -0.137. The van der Waals surface area contributed by atoms with Gasteiger partial charge in [0.05, 0.1) is 5.69 Å². The highest BCUT2D eigenvalue weighted by atomic mass is 19.4. The summed E-state index contributed by atoms with van der Waals surface area (Å²) in [6.07, 6.45) is 0.594. The predicted molar refractivity (Wildman–Crippen MR) is 115 cm³/mol. The number of aromatic nitrogens is 3. The average Bonchev–Trinajstić information content (AvgIpc) is 3.11. The van der Waals surface area contributed by atoms with Crippen LogP contribution < -0.4 is 10.6 Å². The molecule has 0 spiro atoms. The molecule has 2 unspecified atom stereocenters. The van der Waals surface area contributed by atoms with Gasteiger partial charge in [-0.2, -0.15) is 13.2 Å². The number of hydrogen-bond donors (Lipinski definition) is 3. The van der Waals surface area contributed by atoms with Crippen molar-refractivity contribution in [2.45, 2.75) is 70.3 Å². The van der Waals surface area contributed by atoms with Crippen LogP contribution in [-0.4, -0.2) is 57.0 Å². The van der Waals surface area contributed by atoms with Gasteiger partial charge in [0, 0.05) is 49.2 Å². The molecule has 2 aromatic rings. The van der Waals surface area contributed by atoms with E-state index in [0.29, 0.717) is 36.2 Å². The third-order valence-electron chi connectivity index (χ3n) is 6.62. The highest BCUT2D eigenvalue weighted by Gasteiger charge is 2.38. The minimum atomic E-state index is -4.62. The number of aromatic amines is 1. The molecule has 2 aliphatic heterocycles. The van der Waals surface area contributed by atoms with Gasteiger partial charge in [0.25, 0.3) is 5.91 Å². The van der Waals surface area contributed by atoms with Crippen LogP contribution in [0.3, 0.4) is 0 Å². The second kappa shape index (κ2) is 8.06. The van der Waals surface area contributed by atoms with Gasteiger partial charge in [-0.15, -0.1) is 0 Å². The lowest BCUT2D eigenvalue weighted by Crippen LogP contribution is -2.50. The van der Waals surface area contributed by atoms with Gasteiger partial charge in [0.15, 0.2) is 0 Å². The molecule has 4 heterocycles. The van der Waals surface area contributed by atoms with Gasteiger partial charge < -0.3 is 20.5 Å². The summed E-state index contributed by atoms with van der Waals surface area (Å²) in [6.45, 7) is 6.84. The number of nitrogens with zero attached hydrogens (tertiary/aromatic N) is 3. The lowest BCUT2D eigenvalue weighted by atomic mass is 9.91. The van der Waals surface area contributed by atoms with Crippen LogP contribution in [0.4, 0.5) is 19.1 Å². The van der Waals surface area contributed by atoms with Crippen LogP contribution in [0.15, 0.2) is 12.4 Å². The first-order valence-electron chi connectivity index (χ1n) is 10.9. The molecule has 0 aromatic carbocycles. The standard InChI is InChI=1S/C22H29F3N6O/c1-12-5-6-14-15(10-26-18(14)19(32)31(12)4)17-16(22(23,24)25)11-27-20(30-17)29-13-7-8-21(2,3)28-9-13/h10-13,26,28H,5-9H2,1-4H3,(H,27,29,30). The van der Waals surface area contributed by atoms with E-state index in [1.54, 1.807) is 11.9 Å². The minimum absolute atomic E-state index is 0.0103. The largest absolute Gasteiger partial charge is 0.419 e. The quantitative estimate of drug-likeness (QED) is 0.662. The summed E-state index contributed by atoms with van der Waals surface area (Å²) in [6, 6.07) is 0.0101. The number of halogens is 3. The Bertz CT molecular complexity index is 1010. The summed E-state index contributed by atoms with van der Waals surface area (Å²) in [7, 11) is 1.70. The second-order valence-corrected chi connectivity index (χ2v) is 9.46. The molecule has 174 valence electrons. The number of carbonyl (C=O) groups is 1. The first-order chi connectivity index (χ1) is 15.0. The zero-order valence-electron chi connectivity index (χ0n) is 18.7. The van der Waals surface area contributed by atoms with Crippen molar-refractivity contribution in [1.82, 2.24) is 25.2 Å². The summed E-state index contributed by atoms with van der Waals surface area (Å²) >= 11 is 0. The molecular weight excluding hydrogens is 421 g/mol. The Balaban J connectivity index is 1.71. The van der Waals surface area contributed by atoms with Crippen molar-refractivity contribution >= 4 is 11.9 Å². The van der Waals surface area contributed by atoms with Crippen LogP contribution in [0.25, 0.3) is 11.3 Å². The van der Waals surface area contributed by atoms with Gasteiger partial charge in [-0.25, -0.2) is 9.97 Å². The number of alkyl halides is 3. The molecule has 2 aromatic heterocycles. The zero-order chi connectivity index (χ0) is 23.3. The fourth-order valence-electron chi connectivity index (χ4n) is 4.33. The number of carbonyl (C=O) groups excluding carboxylic acids is 1. The van der Waals surface area contributed by atoms with Crippen molar-refractivity contribution in [1.29, 1.82) is 0 Å². The Hall–Kier alpha value is -2.62. The minimum Gasteiger partial charge on any atom is -0.356 e. The first kappa shape index (κ1) is 22.6. The molecule has 3 N–H and O–H groups in total. The number of amides is 1. The Labute approximate surface area is 185 Å². The van der Waals surface area contributed by atoms with Gasteiger partial charge in [-0.3, -0.25) is 4.79 Å². The number of fused-ring (bicyclic) bond motifs is 1. The van der Waals surface area contributed by atoms with E-state index in [1.165, 1.54) is 6.20 Å². The second-order valence-electron chi connectivity index (χ2n) is 9.46. The van der Waals surface area contributed by atoms with E-state index in [-0.39, 0.29) is 35.2 Å². The molecule has 0 bridgehead atoms. The smallest absolute Gasteiger partial charge is 0.356 e. The molecule has 1 saturated heterocycles. The van der Waals surface area contributed by atoms with Gasteiger partial charge in [-0.05, 0) is 52.0 Å². The summed E-state index contributed by atoms with van der Waals surface area (Å²) in [5.74, 6) is -0.0759. The normalized spacial score (nSPS) is 23.6. The van der Waals surface area contributed by atoms with Crippen LogP contribution in [0.2, 0.25) is 0 Å². The third kappa shape index (κ3) is 4.32. The summed E-state index contributed by atoms with van der Waals surface area (Å²) in [5, 5.41) is 6.60. The highest BCUT2D eigenvalue weighted by molar-refractivity contribution is 5.96. The fraction of sp³-hybridized carbons (Fsp3) is 0.591. The molecule has 2 aliphatic rings. The molecule has 0 aliphatic carbocycles.